The number of rotatable bonds is 7. The van der Waals surface area contributed by atoms with E-state index in [4.69, 9.17) is 0 Å². The molecule has 0 saturated carbocycles. The van der Waals surface area contributed by atoms with Gasteiger partial charge in [0.05, 0.1) is 0 Å². The molecule has 0 unspecified atom stereocenters. The Hall–Kier alpha value is -0.410. The maximum absolute atomic E-state index is 4.34. The van der Waals surface area contributed by atoms with Crippen molar-refractivity contribution in [1.29, 1.82) is 0 Å². The summed E-state index contributed by atoms with van der Waals surface area (Å²) in [5.74, 6) is 0. The number of aliphatic imine (C=N–C) groups is 1. The van der Waals surface area contributed by atoms with Crippen LogP contribution in [0.2, 0.25) is 0 Å². The topological polar surface area (TPSA) is 18.8 Å². The molecule has 0 aliphatic rings. The van der Waals surface area contributed by atoms with Crippen LogP contribution in [0.15, 0.2) is 4.99 Å². The van der Waals surface area contributed by atoms with Crippen LogP contribution in [-0.2, 0) is 0 Å². The summed E-state index contributed by atoms with van der Waals surface area (Å²) in [6.07, 6.45) is 4.26. The predicted molar refractivity (Wildman–Crippen MR) is 59.7 cm³/mol. The standard InChI is InChI=1S/C10H23N3/c1-12(2)9-5-7-11-8-6-10-13(3)4/h7H,5-6,8-10H2,1-4H3. The van der Waals surface area contributed by atoms with Crippen LogP contribution in [0.1, 0.15) is 12.8 Å². The highest BCUT2D eigenvalue weighted by Crippen LogP contribution is 1.85. The van der Waals surface area contributed by atoms with Gasteiger partial charge in [-0.3, -0.25) is 4.99 Å². The lowest BCUT2D eigenvalue weighted by atomic mass is 10.4. The van der Waals surface area contributed by atoms with Crippen LogP contribution in [-0.4, -0.2) is 63.8 Å². The average Bonchev–Trinajstić information content (AvgIpc) is 2.01. The first-order valence-corrected chi connectivity index (χ1v) is 4.90. The van der Waals surface area contributed by atoms with Gasteiger partial charge in [0.25, 0.3) is 0 Å². The fraction of sp³-hybridized carbons (Fsp3) is 0.900. The molecule has 0 heterocycles. The van der Waals surface area contributed by atoms with E-state index in [1.807, 2.05) is 6.21 Å². The molecule has 0 spiro atoms. The maximum Gasteiger partial charge on any atom is 0.0397 e. The van der Waals surface area contributed by atoms with Gasteiger partial charge in [-0.25, -0.2) is 0 Å². The van der Waals surface area contributed by atoms with Crippen molar-refractivity contribution in [3.63, 3.8) is 0 Å². The second-order valence-corrected chi connectivity index (χ2v) is 3.84. The molecule has 78 valence electrons. The third-order valence-corrected chi connectivity index (χ3v) is 1.73. The van der Waals surface area contributed by atoms with E-state index in [1.165, 1.54) is 0 Å². The summed E-state index contributed by atoms with van der Waals surface area (Å²) >= 11 is 0. The second-order valence-electron chi connectivity index (χ2n) is 3.84. The van der Waals surface area contributed by atoms with Gasteiger partial charge < -0.3 is 9.80 Å². The van der Waals surface area contributed by atoms with Gasteiger partial charge in [0.1, 0.15) is 0 Å². The van der Waals surface area contributed by atoms with Crippen LogP contribution < -0.4 is 0 Å². The first kappa shape index (κ1) is 12.6. The molecule has 0 aliphatic carbocycles. The molecular formula is C10H23N3. The molecule has 0 radical (unpaired) electrons. The minimum absolute atomic E-state index is 0.964. The largest absolute Gasteiger partial charge is 0.309 e. The summed E-state index contributed by atoms with van der Waals surface area (Å²) in [4.78, 5) is 8.70. The highest BCUT2D eigenvalue weighted by Gasteiger charge is 1.88. The van der Waals surface area contributed by atoms with E-state index in [-0.39, 0.29) is 0 Å². The Labute approximate surface area is 82.4 Å². The zero-order valence-electron chi connectivity index (χ0n) is 9.45. The summed E-state index contributed by atoms with van der Waals surface area (Å²) in [6, 6.07) is 0. The third kappa shape index (κ3) is 11.6. The van der Waals surface area contributed by atoms with Crippen LogP contribution in [0.4, 0.5) is 0 Å². The van der Waals surface area contributed by atoms with Crippen LogP contribution in [0.25, 0.3) is 0 Å². The lowest BCUT2D eigenvalue weighted by Gasteiger charge is -2.07. The molecule has 0 aromatic carbocycles. The Morgan fingerprint density at radius 3 is 2.15 bits per heavy atom. The Morgan fingerprint density at radius 1 is 1.00 bits per heavy atom. The highest BCUT2D eigenvalue weighted by molar-refractivity contribution is 5.57. The SMILES string of the molecule is CN(C)CCC=NCCCN(C)C. The van der Waals surface area contributed by atoms with Gasteiger partial charge in [0, 0.05) is 13.1 Å². The van der Waals surface area contributed by atoms with E-state index < -0.39 is 0 Å². The highest BCUT2D eigenvalue weighted by atomic mass is 15.1. The second kappa shape index (κ2) is 8.20. The van der Waals surface area contributed by atoms with E-state index in [1.54, 1.807) is 0 Å². The third-order valence-electron chi connectivity index (χ3n) is 1.73. The minimum Gasteiger partial charge on any atom is -0.309 e. The first-order valence-electron chi connectivity index (χ1n) is 4.90. The molecule has 0 aromatic rings. The zero-order chi connectivity index (χ0) is 10.1. The van der Waals surface area contributed by atoms with Gasteiger partial charge in [-0.15, -0.1) is 0 Å². The smallest absolute Gasteiger partial charge is 0.0397 e. The minimum atomic E-state index is 0.964. The van der Waals surface area contributed by atoms with Crippen LogP contribution in [0.5, 0.6) is 0 Å². The molecule has 0 saturated heterocycles. The van der Waals surface area contributed by atoms with Crippen LogP contribution in [0.3, 0.4) is 0 Å². The molecule has 0 N–H and O–H groups in total. The molecule has 0 bridgehead atoms. The predicted octanol–water partition coefficient (Wildman–Crippen LogP) is 0.961. The monoisotopic (exact) mass is 185 g/mol. The molecule has 0 atom stereocenters. The fourth-order valence-corrected chi connectivity index (χ4v) is 0.977. The van der Waals surface area contributed by atoms with Gasteiger partial charge in [-0.05, 0) is 53.8 Å². The maximum atomic E-state index is 4.34. The molecule has 0 aliphatic heterocycles. The molecule has 0 fully saturated rings. The molecule has 13 heavy (non-hydrogen) atoms. The number of hydrogen-bond donors (Lipinski definition) is 0. The van der Waals surface area contributed by atoms with Crippen molar-refractivity contribution in [3.8, 4) is 0 Å². The first-order chi connectivity index (χ1) is 6.13. The Balaban J connectivity index is 3.13. The number of nitrogens with zero attached hydrogens (tertiary/aromatic N) is 3. The van der Waals surface area contributed by atoms with Crippen molar-refractivity contribution in [3.05, 3.63) is 0 Å². The molecule has 0 amide bonds. The van der Waals surface area contributed by atoms with Gasteiger partial charge in [-0.1, -0.05) is 0 Å². The van der Waals surface area contributed by atoms with Gasteiger partial charge in [0.15, 0.2) is 0 Å². The Morgan fingerprint density at radius 2 is 1.62 bits per heavy atom. The molecule has 0 rings (SSSR count). The van der Waals surface area contributed by atoms with Crippen molar-refractivity contribution in [1.82, 2.24) is 9.80 Å². The van der Waals surface area contributed by atoms with Crippen molar-refractivity contribution in [2.75, 3.05) is 47.8 Å². The molecule has 3 nitrogen and oxygen atoms in total. The summed E-state index contributed by atoms with van der Waals surface area (Å²) in [7, 11) is 8.35. The summed E-state index contributed by atoms with van der Waals surface area (Å²) in [6.45, 7) is 3.19. The van der Waals surface area contributed by atoms with Crippen molar-refractivity contribution >= 4 is 6.21 Å². The van der Waals surface area contributed by atoms with Crippen molar-refractivity contribution < 1.29 is 0 Å². The van der Waals surface area contributed by atoms with Gasteiger partial charge >= 0.3 is 0 Å². The van der Waals surface area contributed by atoms with Crippen molar-refractivity contribution in [2.24, 2.45) is 4.99 Å². The molecular weight excluding hydrogens is 162 g/mol. The lowest BCUT2D eigenvalue weighted by Crippen LogP contribution is -2.14. The summed E-state index contributed by atoms with van der Waals surface area (Å²) in [5, 5.41) is 0. The normalized spacial score (nSPS) is 12.2. The summed E-state index contributed by atoms with van der Waals surface area (Å²) in [5.41, 5.74) is 0. The molecule has 0 aromatic heterocycles. The van der Waals surface area contributed by atoms with Crippen LogP contribution >= 0.6 is 0 Å². The Kier molecular flexibility index (Phi) is 7.94. The van der Waals surface area contributed by atoms with Gasteiger partial charge in [0.2, 0.25) is 0 Å². The van der Waals surface area contributed by atoms with Crippen molar-refractivity contribution in [2.45, 2.75) is 12.8 Å². The lowest BCUT2D eigenvalue weighted by molar-refractivity contribution is 0.403. The quantitative estimate of drug-likeness (QED) is 0.434. The van der Waals surface area contributed by atoms with E-state index in [9.17, 15) is 0 Å². The van der Waals surface area contributed by atoms with Crippen LogP contribution in [0, 0.1) is 0 Å². The Bertz CT molecular complexity index is 130. The molecule has 3 heteroatoms. The average molecular weight is 185 g/mol. The van der Waals surface area contributed by atoms with E-state index >= 15 is 0 Å². The van der Waals surface area contributed by atoms with E-state index in [0.29, 0.717) is 0 Å². The fourth-order valence-electron chi connectivity index (χ4n) is 0.977. The zero-order valence-corrected chi connectivity index (χ0v) is 9.45. The van der Waals surface area contributed by atoms with E-state index in [0.717, 1.165) is 32.5 Å². The van der Waals surface area contributed by atoms with E-state index in [2.05, 4.69) is 43.0 Å². The van der Waals surface area contributed by atoms with Gasteiger partial charge in [-0.2, -0.15) is 0 Å². The summed E-state index contributed by atoms with van der Waals surface area (Å²) < 4.78 is 0. The number of hydrogen-bond acceptors (Lipinski definition) is 3.